The molecule has 0 amide bonds. The first kappa shape index (κ1) is 75.2. The first-order valence-electron chi connectivity index (χ1n) is 32.2. The van der Waals surface area contributed by atoms with Crippen LogP contribution in [0.3, 0.4) is 0 Å². The molecule has 0 saturated heterocycles. The third-order valence-electron chi connectivity index (χ3n) is 13.9. The molecule has 0 aromatic rings. The van der Waals surface area contributed by atoms with E-state index in [1.807, 2.05) is 0 Å². The highest BCUT2D eigenvalue weighted by atomic mass is 31.2. The van der Waals surface area contributed by atoms with Gasteiger partial charge in [0.1, 0.15) is 12.7 Å². The maximum atomic E-state index is 13.0. The Balaban J connectivity index is 4.71. The molecule has 0 saturated carbocycles. The van der Waals surface area contributed by atoms with Crippen molar-refractivity contribution in [2.75, 3.05) is 26.4 Å². The van der Waals surface area contributed by atoms with Crippen molar-refractivity contribution in [1.29, 1.82) is 0 Å². The van der Waals surface area contributed by atoms with Crippen molar-refractivity contribution in [3.63, 3.8) is 0 Å². The number of carbonyl (C=O) groups is 3. The van der Waals surface area contributed by atoms with E-state index in [9.17, 15) is 28.9 Å². The molecule has 0 aliphatic rings. The first-order valence-corrected chi connectivity index (χ1v) is 33.7. The lowest BCUT2D eigenvalue weighted by Crippen LogP contribution is -2.30. The number of carbonyl (C=O) groups excluding carboxylic acids is 3. The van der Waals surface area contributed by atoms with Crippen molar-refractivity contribution in [3.05, 3.63) is 60.8 Å². The van der Waals surface area contributed by atoms with E-state index in [0.717, 1.165) is 116 Å². The molecule has 3 atom stereocenters. The zero-order valence-corrected chi connectivity index (χ0v) is 51.3. The van der Waals surface area contributed by atoms with E-state index in [1.54, 1.807) is 0 Å². The van der Waals surface area contributed by atoms with Crippen molar-refractivity contribution in [3.8, 4) is 0 Å². The van der Waals surface area contributed by atoms with Crippen LogP contribution in [0.5, 0.6) is 0 Å². The predicted molar refractivity (Wildman–Crippen MR) is 325 cm³/mol. The lowest BCUT2D eigenvalue weighted by Gasteiger charge is -2.21. The van der Waals surface area contributed by atoms with Gasteiger partial charge in [0.2, 0.25) is 0 Å². The highest BCUT2D eigenvalue weighted by molar-refractivity contribution is 7.47. The molecule has 0 radical (unpaired) electrons. The number of hydrogen-bond acceptors (Lipinski definition) is 10. The van der Waals surface area contributed by atoms with Gasteiger partial charge < -0.3 is 24.2 Å². The lowest BCUT2D eigenvalue weighted by molar-refractivity contribution is -0.161. The summed E-state index contributed by atoms with van der Waals surface area (Å²) in [7, 11) is -4.76. The Morgan fingerprint density at radius 2 is 0.654 bits per heavy atom. The summed E-state index contributed by atoms with van der Waals surface area (Å²) in [6.45, 7) is 4.57. The monoisotopic (exact) mass is 1120 g/mol. The Hall–Kier alpha value is -2.82. The van der Waals surface area contributed by atoms with Gasteiger partial charge in [0.15, 0.2) is 6.10 Å². The van der Waals surface area contributed by atoms with E-state index in [0.29, 0.717) is 19.3 Å². The molecule has 0 aliphatic carbocycles. The Labute approximate surface area is 478 Å². The van der Waals surface area contributed by atoms with Gasteiger partial charge in [-0.3, -0.25) is 23.4 Å². The van der Waals surface area contributed by atoms with E-state index >= 15 is 0 Å². The van der Waals surface area contributed by atoms with Crippen LogP contribution >= 0.6 is 7.82 Å². The summed E-state index contributed by atoms with van der Waals surface area (Å²) in [5.41, 5.74) is 0. The van der Waals surface area contributed by atoms with Gasteiger partial charge in [0.25, 0.3) is 0 Å². The van der Waals surface area contributed by atoms with Crippen molar-refractivity contribution >= 4 is 25.7 Å². The second-order valence-corrected chi connectivity index (χ2v) is 23.0. The van der Waals surface area contributed by atoms with Crippen molar-refractivity contribution in [2.24, 2.45) is 0 Å². The molecule has 454 valence electrons. The predicted octanol–water partition coefficient (Wildman–Crippen LogP) is 19.5. The van der Waals surface area contributed by atoms with E-state index < -0.39 is 57.8 Å². The van der Waals surface area contributed by atoms with Crippen molar-refractivity contribution in [1.82, 2.24) is 0 Å². The van der Waals surface area contributed by atoms with Gasteiger partial charge in [-0.25, -0.2) is 4.57 Å². The summed E-state index contributed by atoms with van der Waals surface area (Å²) in [5, 5.41) is 9.83. The van der Waals surface area contributed by atoms with Crippen LogP contribution in [-0.4, -0.2) is 66.5 Å². The van der Waals surface area contributed by atoms with E-state index in [1.165, 1.54) is 128 Å². The van der Waals surface area contributed by atoms with Crippen LogP contribution in [0, 0.1) is 0 Å². The Morgan fingerprint density at radius 3 is 1.04 bits per heavy atom. The van der Waals surface area contributed by atoms with E-state index in [2.05, 4.69) is 81.5 Å². The molecule has 3 unspecified atom stereocenters. The largest absolute Gasteiger partial charge is 0.472 e. The molecule has 11 nitrogen and oxygen atoms in total. The number of aliphatic hydroxyl groups excluding tert-OH is 1. The SMILES string of the molecule is CCC/C=C\C/C=C\CCCCCCCC(=O)OC(CO)COP(=O)(O)OCC(COC(=O)CCCCCCCCCCCCCCCCCCCCC)OC(=O)CCCCCCCC/C=C\C/C=C\C/C=C\CCCCC. The maximum absolute atomic E-state index is 13.0. The molecule has 0 spiro atoms. The molecule has 0 heterocycles. The first-order chi connectivity index (χ1) is 38.2. The molecule has 12 heteroatoms. The fourth-order valence-corrected chi connectivity index (χ4v) is 9.78. The standard InChI is InChI=1S/C66H119O11P/c1-4-7-10-13-16-19-22-25-27-29-31-33-35-38-40-43-46-49-52-55-64(68)73-59-63(77-66(70)57-54-51-48-45-42-39-36-34-32-30-28-26-23-20-17-14-11-8-5-2)61-75-78(71,72)74-60-62(58-67)76-65(69)56-53-50-47-44-41-37-24-21-18-15-12-9-6-3/h12,15,17,20-21,24,26,28,32,34,62-63,67H,4-11,13-14,16,18-19,22-23,25,27,29-31,33,35-61H2,1-3H3,(H,71,72)/b15-12-,20-17-,24-21-,28-26-,34-32-. The van der Waals surface area contributed by atoms with E-state index in [4.69, 9.17) is 23.3 Å². The average Bonchev–Trinajstić information content (AvgIpc) is 3.43. The summed E-state index contributed by atoms with van der Waals surface area (Å²) in [4.78, 5) is 48.7. The van der Waals surface area contributed by atoms with Crippen LogP contribution in [0.4, 0.5) is 0 Å². The zero-order chi connectivity index (χ0) is 56.9. The summed E-state index contributed by atoms with van der Waals surface area (Å²) in [6.07, 6.45) is 67.4. The Morgan fingerprint density at radius 1 is 0.359 bits per heavy atom. The number of aliphatic hydroxyl groups is 1. The third kappa shape index (κ3) is 57.9. The molecule has 0 aliphatic heterocycles. The van der Waals surface area contributed by atoms with Gasteiger partial charge in [-0.05, 0) is 83.5 Å². The molecule has 0 aromatic carbocycles. The quantitative estimate of drug-likeness (QED) is 0.0197. The highest BCUT2D eigenvalue weighted by Gasteiger charge is 2.28. The molecule has 0 rings (SSSR count). The van der Waals surface area contributed by atoms with Gasteiger partial charge >= 0.3 is 25.7 Å². The fraction of sp³-hybridized carbons (Fsp3) is 0.803. The Bertz CT molecular complexity index is 1540. The number of phosphoric ester groups is 1. The van der Waals surface area contributed by atoms with Gasteiger partial charge in [0.05, 0.1) is 19.8 Å². The molecular formula is C66H119O11P. The second-order valence-electron chi connectivity index (χ2n) is 21.6. The number of allylic oxidation sites excluding steroid dienone is 10. The fourth-order valence-electron chi connectivity index (χ4n) is 8.99. The Kier molecular flexibility index (Phi) is 58.1. The van der Waals surface area contributed by atoms with Crippen molar-refractivity contribution < 1.29 is 52.2 Å². The third-order valence-corrected chi connectivity index (χ3v) is 14.8. The smallest absolute Gasteiger partial charge is 0.462 e. The average molecular weight is 1120 g/mol. The summed E-state index contributed by atoms with van der Waals surface area (Å²) >= 11 is 0. The molecule has 0 bridgehead atoms. The van der Waals surface area contributed by atoms with Gasteiger partial charge in [-0.2, -0.15) is 0 Å². The van der Waals surface area contributed by atoms with Crippen LogP contribution in [0.15, 0.2) is 60.8 Å². The zero-order valence-electron chi connectivity index (χ0n) is 50.4. The van der Waals surface area contributed by atoms with Crippen LogP contribution < -0.4 is 0 Å². The summed E-state index contributed by atoms with van der Waals surface area (Å²) in [5.74, 6) is -1.48. The van der Waals surface area contributed by atoms with Gasteiger partial charge in [-0.15, -0.1) is 0 Å². The molecule has 0 fully saturated rings. The van der Waals surface area contributed by atoms with Crippen LogP contribution in [0.1, 0.15) is 303 Å². The van der Waals surface area contributed by atoms with Crippen LogP contribution in [0.2, 0.25) is 0 Å². The van der Waals surface area contributed by atoms with Gasteiger partial charge in [-0.1, -0.05) is 261 Å². The number of hydrogen-bond donors (Lipinski definition) is 2. The number of phosphoric acid groups is 1. The van der Waals surface area contributed by atoms with Crippen LogP contribution in [-0.2, 0) is 42.2 Å². The van der Waals surface area contributed by atoms with Crippen molar-refractivity contribution in [2.45, 2.75) is 315 Å². The summed E-state index contributed by atoms with van der Waals surface area (Å²) in [6, 6.07) is 0. The van der Waals surface area contributed by atoms with E-state index in [-0.39, 0.29) is 25.9 Å². The normalized spacial score (nSPS) is 13.7. The highest BCUT2D eigenvalue weighted by Crippen LogP contribution is 2.43. The summed E-state index contributed by atoms with van der Waals surface area (Å²) < 4.78 is 39.7. The number of unbranched alkanes of at least 4 members (excludes halogenated alkanes) is 33. The minimum absolute atomic E-state index is 0.153. The minimum atomic E-state index is -4.76. The lowest BCUT2D eigenvalue weighted by atomic mass is 10.0. The number of esters is 3. The minimum Gasteiger partial charge on any atom is -0.462 e. The van der Waals surface area contributed by atoms with Gasteiger partial charge in [0, 0.05) is 19.3 Å². The second kappa shape index (κ2) is 60.3. The molecule has 0 aromatic heterocycles. The molecule has 2 N–H and O–H groups in total. The van der Waals surface area contributed by atoms with Crippen LogP contribution in [0.25, 0.3) is 0 Å². The maximum Gasteiger partial charge on any atom is 0.472 e. The molecule has 78 heavy (non-hydrogen) atoms. The number of ether oxygens (including phenoxy) is 3. The topological polar surface area (TPSA) is 155 Å². The molecular weight excluding hydrogens is 1000 g/mol. The number of rotatable bonds is 60.